The fraction of sp³-hybridized carbons (Fsp3) is 0.556. The summed E-state index contributed by atoms with van der Waals surface area (Å²) >= 11 is 1.22. The van der Waals surface area contributed by atoms with Gasteiger partial charge < -0.3 is 10.4 Å². The maximum atomic E-state index is 12.6. The van der Waals surface area contributed by atoms with Crippen LogP contribution in [0.3, 0.4) is 0 Å². The SMILES string of the molecule is CC(Sc1ccccc1C(=O)NC1CCCCCCC1)C(=O)O. The number of thioether (sulfide) groups is 1. The number of carboxylic acid groups (broad SMARTS) is 1. The standard InChI is InChI=1S/C18H25NO3S/c1-13(18(21)22)23-16-12-8-7-11-15(16)17(20)19-14-9-5-3-2-4-6-10-14/h7-8,11-14H,2-6,9-10H2,1H3,(H,19,20)(H,21,22). The van der Waals surface area contributed by atoms with Crippen LogP contribution in [0.5, 0.6) is 0 Å². The van der Waals surface area contributed by atoms with Crippen molar-refractivity contribution in [1.29, 1.82) is 0 Å². The fourth-order valence-corrected chi connectivity index (χ4v) is 3.79. The molecule has 1 aromatic rings. The van der Waals surface area contributed by atoms with Crippen LogP contribution in [0.15, 0.2) is 29.2 Å². The Labute approximate surface area is 142 Å². The number of benzene rings is 1. The molecule has 1 aliphatic rings. The zero-order valence-corrected chi connectivity index (χ0v) is 14.4. The van der Waals surface area contributed by atoms with Crippen LogP contribution in [0.1, 0.15) is 62.2 Å². The van der Waals surface area contributed by atoms with Gasteiger partial charge in [-0.15, -0.1) is 11.8 Å². The lowest BCUT2D eigenvalue weighted by atomic mass is 9.96. The molecular weight excluding hydrogens is 310 g/mol. The summed E-state index contributed by atoms with van der Waals surface area (Å²) in [5.74, 6) is -0.957. The number of hydrogen-bond acceptors (Lipinski definition) is 3. The number of aliphatic carboxylic acids is 1. The van der Waals surface area contributed by atoms with E-state index in [-0.39, 0.29) is 11.9 Å². The van der Waals surface area contributed by atoms with Crippen LogP contribution in [0, 0.1) is 0 Å². The Morgan fingerprint density at radius 2 is 1.74 bits per heavy atom. The van der Waals surface area contributed by atoms with E-state index in [9.17, 15) is 9.59 Å². The third kappa shape index (κ3) is 5.57. The molecule has 1 amide bonds. The molecule has 1 aromatic carbocycles. The molecule has 2 rings (SSSR count). The van der Waals surface area contributed by atoms with Crippen molar-refractivity contribution in [1.82, 2.24) is 5.32 Å². The van der Waals surface area contributed by atoms with E-state index in [1.165, 1.54) is 31.0 Å². The van der Waals surface area contributed by atoms with Gasteiger partial charge in [0.2, 0.25) is 0 Å². The van der Waals surface area contributed by atoms with E-state index < -0.39 is 11.2 Å². The Bertz CT molecular complexity index is 539. The molecule has 1 fully saturated rings. The van der Waals surface area contributed by atoms with Gasteiger partial charge in [0.25, 0.3) is 5.91 Å². The van der Waals surface area contributed by atoms with Gasteiger partial charge in [0.05, 0.1) is 5.56 Å². The quantitative estimate of drug-likeness (QED) is 0.795. The maximum absolute atomic E-state index is 12.6. The van der Waals surface area contributed by atoms with Crippen molar-refractivity contribution in [3.63, 3.8) is 0 Å². The van der Waals surface area contributed by atoms with Crippen molar-refractivity contribution >= 4 is 23.6 Å². The van der Waals surface area contributed by atoms with Gasteiger partial charge in [-0.1, -0.05) is 44.2 Å². The van der Waals surface area contributed by atoms with E-state index in [2.05, 4.69) is 5.32 Å². The molecule has 126 valence electrons. The highest BCUT2D eigenvalue weighted by Gasteiger charge is 2.20. The Kier molecular flexibility index (Phi) is 6.96. The van der Waals surface area contributed by atoms with E-state index in [1.54, 1.807) is 13.0 Å². The van der Waals surface area contributed by atoms with Crippen LogP contribution in [0.25, 0.3) is 0 Å². The van der Waals surface area contributed by atoms with Crippen molar-refractivity contribution in [3.05, 3.63) is 29.8 Å². The van der Waals surface area contributed by atoms with E-state index in [1.807, 2.05) is 18.2 Å². The van der Waals surface area contributed by atoms with Crippen LogP contribution in [0.2, 0.25) is 0 Å². The largest absolute Gasteiger partial charge is 0.480 e. The topological polar surface area (TPSA) is 66.4 Å². The summed E-state index contributed by atoms with van der Waals surface area (Å²) in [6.07, 6.45) is 8.19. The Morgan fingerprint density at radius 1 is 1.13 bits per heavy atom. The fourth-order valence-electron chi connectivity index (χ4n) is 2.86. The summed E-state index contributed by atoms with van der Waals surface area (Å²) in [6, 6.07) is 7.48. The molecule has 1 saturated carbocycles. The van der Waals surface area contributed by atoms with Crippen LogP contribution >= 0.6 is 11.8 Å². The minimum Gasteiger partial charge on any atom is -0.480 e. The molecule has 0 radical (unpaired) electrons. The monoisotopic (exact) mass is 335 g/mol. The number of hydrogen-bond donors (Lipinski definition) is 2. The number of amides is 1. The van der Waals surface area contributed by atoms with Crippen LogP contribution in [0.4, 0.5) is 0 Å². The highest BCUT2D eigenvalue weighted by Crippen LogP contribution is 2.27. The predicted molar refractivity (Wildman–Crippen MR) is 93.0 cm³/mol. The second-order valence-corrected chi connectivity index (χ2v) is 7.49. The number of carbonyl (C=O) groups excluding carboxylic acids is 1. The van der Waals surface area contributed by atoms with Gasteiger partial charge in [-0.3, -0.25) is 9.59 Å². The molecular formula is C18H25NO3S. The van der Waals surface area contributed by atoms with Gasteiger partial charge in [-0.2, -0.15) is 0 Å². The van der Waals surface area contributed by atoms with Gasteiger partial charge in [0.1, 0.15) is 5.25 Å². The van der Waals surface area contributed by atoms with Crippen molar-refractivity contribution < 1.29 is 14.7 Å². The van der Waals surface area contributed by atoms with Gasteiger partial charge in [0.15, 0.2) is 0 Å². The summed E-state index contributed by atoms with van der Waals surface area (Å²) in [4.78, 5) is 24.4. The maximum Gasteiger partial charge on any atom is 0.316 e. The van der Waals surface area contributed by atoms with E-state index in [4.69, 9.17) is 5.11 Å². The first-order chi connectivity index (χ1) is 11.1. The van der Waals surface area contributed by atoms with Crippen molar-refractivity contribution in [2.75, 3.05) is 0 Å². The molecule has 23 heavy (non-hydrogen) atoms. The highest BCUT2D eigenvalue weighted by molar-refractivity contribution is 8.00. The van der Waals surface area contributed by atoms with E-state index in [0.29, 0.717) is 5.56 Å². The van der Waals surface area contributed by atoms with Crippen LogP contribution in [-0.4, -0.2) is 28.3 Å². The van der Waals surface area contributed by atoms with Crippen molar-refractivity contribution in [3.8, 4) is 0 Å². The normalized spacial score (nSPS) is 17.8. The first-order valence-corrected chi connectivity index (χ1v) is 9.25. The van der Waals surface area contributed by atoms with E-state index >= 15 is 0 Å². The summed E-state index contributed by atoms with van der Waals surface area (Å²) < 4.78 is 0. The molecule has 5 heteroatoms. The van der Waals surface area contributed by atoms with Gasteiger partial charge >= 0.3 is 5.97 Å². The predicted octanol–water partition coefficient (Wildman–Crippen LogP) is 4.09. The molecule has 0 spiro atoms. The molecule has 2 N–H and O–H groups in total. The molecule has 0 bridgehead atoms. The van der Waals surface area contributed by atoms with Gasteiger partial charge in [-0.25, -0.2) is 0 Å². The number of carbonyl (C=O) groups is 2. The second kappa shape index (κ2) is 8.96. The number of carboxylic acids is 1. The first-order valence-electron chi connectivity index (χ1n) is 8.37. The molecule has 0 aliphatic heterocycles. The van der Waals surface area contributed by atoms with Crippen LogP contribution in [-0.2, 0) is 4.79 Å². The summed E-state index contributed by atoms with van der Waals surface area (Å²) in [5, 5.41) is 11.6. The second-order valence-electron chi connectivity index (χ2n) is 6.11. The Hall–Kier alpha value is -1.49. The minimum absolute atomic E-state index is 0.0868. The highest BCUT2D eigenvalue weighted by atomic mass is 32.2. The molecule has 1 aliphatic carbocycles. The number of rotatable bonds is 5. The molecule has 1 atom stereocenters. The van der Waals surface area contributed by atoms with Gasteiger partial charge in [0, 0.05) is 10.9 Å². The molecule has 0 aromatic heterocycles. The summed E-state index contributed by atoms with van der Waals surface area (Å²) in [7, 11) is 0. The summed E-state index contributed by atoms with van der Waals surface area (Å²) in [5.41, 5.74) is 0.577. The smallest absolute Gasteiger partial charge is 0.316 e. The van der Waals surface area contributed by atoms with Gasteiger partial charge in [-0.05, 0) is 31.9 Å². The van der Waals surface area contributed by atoms with Crippen LogP contribution < -0.4 is 5.32 Å². The summed E-state index contributed by atoms with van der Waals surface area (Å²) in [6.45, 7) is 1.64. The lowest BCUT2D eigenvalue weighted by Crippen LogP contribution is -2.35. The van der Waals surface area contributed by atoms with E-state index in [0.717, 1.165) is 30.6 Å². The average molecular weight is 335 g/mol. The van der Waals surface area contributed by atoms with Crippen molar-refractivity contribution in [2.24, 2.45) is 0 Å². The lowest BCUT2D eigenvalue weighted by Gasteiger charge is -2.21. The molecule has 0 saturated heterocycles. The zero-order valence-electron chi connectivity index (χ0n) is 13.6. The van der Waals surface area contributed by atoms with Crippen molar-refractivity contribution in [2.45, 2.75) is 68.1 Å². The zero-order chi connectivity index (χ0) is 16.7. The lowest BCUT2D eigenvalue weighted by molar-refractivity contribution is -0.136. The third-order valence-corrected chi connectivity index (χ3v) is 5.39. The first kappa shape index (κ1) is 17.9. The Balaban J connectivity index is 2.04. The molecule has 1 unspecified atom stereocenters. The third-order valence-electron chi connectivity index (χ3n) is 4.22. The average Bonchev–Trinajstić information content (AvgIpc) is 2.50. The molecule has 0 heterocycles. The minimum atomic E-state index is -0.870. The molecule has 4 nitrogen and oxygen atoms in total. The number of nitrogens with one attached hydrogen (secondary N) is 1. The Morgan fingerprint density at radius 3 is 2.39 bits per heavy atom.